The third-order valence-corrected chi connectivity index (χ3v) is 3.83. The summed E-state index contributed by atoms with van der Waals surface area (Å²) in [6.07, 6.45) is 4.29. The van der Waals surface area contributed by atoms with Crippen LogP contribution in [0.2, 0.25) is 5.15 Å². The standard InChI is InChI=1S/C15H17ClN2O/c1-18-6-4-13(5-7-18)19-14-3-2-11-10-17-15(16)9-12(11)8-14/h2-3,8-10,13H,4-7H2,1H3. The van der Waals surface area contributed by atoms with Crippen molar-refractivity contribution >= 4 is 22.4 Å². The molecule has 0 atom stereocenters. The molecule has 3 rings (SSSR count). The number of aromatic nitrogens is 1. The monoisotopic (exact) mass is 276 g/mol. The van der Waals surface area contributed by atoms with Crippen molar-refractivity contribution in [3.05, 3.63) is 35.6 Å². The van der Waals surface area contributed by atoms with Gasteiger partial charge in [0.15, 0.2) is 0 Å². The second-order valence-electron chi connectivity index (χ2n) is 5.14. The van der Waals surface area contributed by atoms with E-state index in [4.69, 9.17) is 16.3 Å². The van der Waals surface area contributed by atoms with Crippen molar-refractivity contribution in [2.45, 2.75) is 18.9 Å². The molecule has 100 valence electrons. The fraction of sp³-hybridized carbons (Fsp3) is 0.400. The largest absolute Gasteiger partial charge is 0.490 e. The number of nitrogens with zero attached hydrogens (tertiary/aromatic N) is 2. The lowest BCUT2D eigenvalue weighted by Gasteiger charge is -2.29. The van der Waals surface area contributed by atoms with Crippen LogP contribution in [0.15, 0.2) is 30.5 Å². The highest BCUT2D eigenvalue weighted by molar-refractivity contribution is 6.30. The number of likely N-dealkylation sites (tertiary alicyclic amines) is 1. The van der Waals surface area contributed by atoms with Crippen molar-refractivity contribution in [1.82, 2.24) is 9.88 Å². The van der Waals surface area contributed by atoms with Crippen LogP contribution in [0.4, 0.5) is 0 Å². The summed E-state index contributed by atoms with van der Waals surface area (Å²) in [5.74, 6) is 0.921. The van der Waals surface area contributed by atoms with Gasteiger partial charge in [0.05, 0.1) is 0 Å². The van der Waals surface area contributed by atoms with Gasteiger partial charge in [0.1, 0.15) is 17.0 Å². The lowest BCUT2D eigenvalue weighted by Crippen LogP contribution is -2.35. The molecule has 4 heteroatoms. The van der Waals surface area contributed by atoms with Crippen LogP contribution in [-0.4, -0.2) is 36.1 Å². The molecule has 1 saturated heterocycles. The summed E-state index contributed by atoms with van der Waals surface area (Å²) < 4.78 is 6.06. The zero-order chi connectivity index (χ0) is 13.2. The van der Waals surface area contributed by atoms with Crippen molar-refractivity contribution in [2.75, 3.05) is 20.1 Å². The van der Waals surface area contributed by atoms with Gasteiger partial charge < -0.3 is 9.64 Å². The Morgan fingerprint density at radius 1 is 1.21 bits per heavy atom. The molecule has 0 unspecified atom stereocenters. The van der Waals surface area contributed by atoms with E-state index in [9.17, 15) is 0 Å². The highest BCUT2D eigenvalue weighted by Crippen LogP contribution is 2.24. The van der Waals surface area contributed by atoms with E-state index >= 15 is 0 Å². The molecule has 0 radical (unpaired) electrons. The number of ether oxygens (including phenoxy) is 1. The second kappa shape index (κ2) is 5.35. The molecule has 1 aliphatic rings. The van der Waals surface area contributed by atoms with Crippen LogP contribution in [0.25, 0.3) is 10.8 Å². The number of halogens is 1. The Morgan fingerprint density at radius 3 is 2.79 bits per heavy atom. The van der Waals surface area contributed by atoms with Gasteiger partial charge in [-0.25, -0.2) is 4.98 Å². The Kier molecular flexibility index (Phi) is 3.58. The van der Waals surface area contributed by atoms with Crippen LogP contribution in [-0.2, 0) is 0 Å². The van der Waals surface area contributed by atoms with E-state index in [0.717, 1.165) is 42.5 Å². The van der Waals surface area contributed by atoms with Gasteiger partial charge in [-0.2, -0.15) is 0 Å². The fourth-order valence-corrected chi connectivity index (χ4v) is 2.63. The van der Waals surface area contributed by atoms with Crippen LogP contribution in [0.1, 0.15) is 12.8 Å². The summed E-state index contributed by atoms with van der Waals surface area (Å²) >= 11 is 5.92. The number of piperidine rings is 1. The number of hydrogen-bond acceptors (Lipinski definition) is 3. The minimum Gasteiger partial charge on any atom is -0.490 e. The van der Waals surface area contributed by atoms with Gasteiger partial charge in [0, 0.05) is 24.7 Å². The van der Waals surface area contributed by atoms with E-state index in [0.29, 0.717) is 11.3 Å². The molecule has 0 N–H and O–H groups in total. The number of fused-ring (bicyclic) bond motifs is 1. The predicted molar refractivity (Wildman–Crippen MR) is 77.9 cm³/mol. The first-order chi connectivity index (χ1) is 9.20. The molecule has 2 aromatic rings. The molecule has 19 heavy (non-hydrogen) atoms. The lowest BCUT2D eigenvalue weighted by atomic mass is 10.1. The predicted octanol–water partition coefficient (Wildman–Crippen LogP) is 3.36. The summed E-state index contributed by atoms with van der Waals surface area (Å²) in [7, 11) is 2.15. The average Bonchev–Trinajstić information content (AvgIpc) is 2.41. The molecule has 0 amide bonds. The minimum absolute atomic E-state index is 0.325. The van der Waals surface area contributed by atoms with Crippen LogP contribution in [0.3, 0.4) is 0 Å². The normalized spacial score (nSPS) is 17.8. The van der Waals surface area contributed by atoms with Crippen LogP contribution in [0, 0.1) is 0 Å². The fourth-order valence-electron chi connectivity index (χ4n) is 2.46. The van der Waals surface area contributed by atoms with Gasteiger partial charge in [-0.3, -0.25) is 0 Å². The summed E-state index contributed by atoms with van der Waals surface area (Å²) in [4.78, 5) is 6.42. The van der Waals surface area contributed by atoms with E-state index in [2.05, 4.69) is 16.9 Å². The van der Waals surface area contributed by atoms with Gasteiger partial charge in [-0.1, -0.05) is 11.6 Å². The molecular formula is C15H17ClN2O. The molecule has 0 spiro atoms. The van der Waals surface area contributed by atoms with Crippen LogP contribution >= 0.6 is 11.6 Å². The highest BCUT2D eigenvalue weighted by Gasteiger charge is 2.17. The lowest BCUT2D eigenvalue weighted by molar-refractivity contribution is 0.114. The molecule has 3 nitrogen and oxygen atoms in total. The average molecular weight is 277 g/mol. The first kappa shape index (κ1) is 12.7. The second-order valence-corrected chi connectivity index (χ2v) is 5.52. The maximum absolute atomic E-state index is 6.06. The molecule has 1 aromatic heterocycles. The molecule has 0 aliphatic carbocycles. The van der Waals surface area contributed by atoms with E-state index in [-0.39, 0.29) is 0 Å². The maximum atomic E-state index is 6.06. The number of rotatable bonds is 2. The highest BCUT2D eigenvalue weighted by atomic mass is 35.5. The summed E-state index contributed by atoms with van der Waals surface area (Å²) in [6.45, 7) is 2.21. The molecule has 1 fully saturated rings. The van der Waals surface area contributed by atoms with Crippen LogP contribution < -0.4 is 4.74 Å². The van der Waals surface area contributed by atoms with E-state index in [1.807, 2.05) is 24.3 Å². The number of pyridine rings is 1. The van der Waals surface area contributed by atoms with E-state index in [1.54, 1.807) is 6.20 Å². The van der Waals surface area contributed by atoms with E-state index < -0.39 is 0 Å². The third kappa shape index (κ3) is 2.99. The Bertz CT molecular complexity index is 579. The van der Waals surface area contributed by atoms with Gasteiger partial charge in [-0.15, -0.1) is 0 Å². The number of hydrogen-bond donors (Lipinski definition) is 0. The van der Waals surface area contributed by atoms with Crippen molar-refractivity contribution in [1.29, 1.82) is 0 Å². The number of benzene rings is 1. The molecule has 0 bridgehead atoms. The first-order valence-electron chi connectivity index (χ1n) is 6.61. The summed E-state index contributed by atoms with van der Waals surface area (Å²) in [5, 5.41) is 2.68. The van der Waals surface area contributed by atoms with Gasteiger partial charge in [-0.05, 0) is 49.5 Å². The topological polar surface area (TPSA) is 25.4 Å². The third-order valence-electron chi connectivity index (χ3n) is 3.63. The summed E-state index contributed by atoms with van der Waals surface area (Å²) in [5.41, 5.74) is 0. The Labute approximate surface area is 118 Å². The maximum Gasteiger partial charge on any atom is 0.129 e. The molecule has 1 aromatic carbocycles. The molecular weight excluding hydrogens is 260 g/mol. The zero-order valence-corrected chi connectivity index (χ0v) is 11.7. The van der Waals surface area contributed by atoms with Crippen molar-refractivity contribution in [3.8, 4) is 5.75 Å². The SMILES string of the molecule is CN1CCC(Oc2ccc3cnc(Cl)cc3c2)CC1. The van der Waals surface area contributed by atoms with Crippen molar-refractivity contribution in [3.63, 3.8) is 0 Å². The molecule has 1 aliphatic heterocycles. The van der Waals surface area contributed by atoms with Crippen molar-refractivity contribution in [2.24, 2.45) is 0 Å². The van der Waals surface area contributed by atoms with Gasteiger partial charge in [0.2, 0.25) is 0 Å². The van der Waals surface area contributed by atoms with Gasteiger partial charge in [0.25, 0.3) is 0 Å². The first-order valence-corrected chi connectivity index (χ1v) is 6.99. The Hall–Kier alpha value is -1.32. The zero-order valence-electron chi connectivity index (χ0n) is 11.0. The Balaban J connectivity index is 1.77. The van der Waals surface area contributed by atoms with Gasteiger partial charge >= 0.3 is 0 Å². The molecule has 0 saturated carbocycles. The van der Waals surface area contributed by atoms with E-state index in [1.165, 1.54) is 0 Å². The molecule has 2 heterocycles. The smallest absolute Gasteiger partial charge is 0.129 e. The minimum atomic E-state index is 0.325. The van der Waals surface area contributed by atoms with Crippen molar-refractivity contribution < 1.29 is 4.74 Å². The summed E-state index contributed by atoms with van der Waals surface area (Å²) in [6, 6.07) is 7.96. The quantitative estimate of drug-likeness (QED) is 0.787. The van der Waals surface area contributed by atoms with Crippen LogP contribution in [0.5, 0.6) is 5.75 Å². The Morgan fingerprint density at radius 2 is 2.00 bits per heavy atom.